The van der Waals surface area contributed by atoms with Gasteiger partial charge in [-0.25, -0.2) is 0 Å². The predicted molar refractivity (Wildman–Crippen MR) is 84.4 cm³/mol. The molecule has 0 aliphatic carbocycles. The largest absolute Gasteiger partial charge is 0.486 e. The van der Waals surface area contributed by atoms with Crippen LogP contribution in [0.3, 0.4) is 0 Å². The van der Waals surface area contributed by atoms with E-state index >= 15 is 0 Å². The highest BCUT2D eigenvalue weighted by molar-refractivity contribution is 9.10. The Labute approximate surface area is 132 Å². The van der Waals surface area contributed by atoms with E-state index in [9.17, 15) is 4.79 Å². The Morgan fingerprint density at radius 1 is 1.24 bits per heavy atom. The summed E-state index contributed by atoms with van der Waals surface area (Å²) >= 11 is 3.37. The third-order valence-electron chi connectivity index (χ3n) is 3.16. The van der Waals surface area contributed by atoms with Crippen LogP contribution >= 0.6 is 15.9 Å². The maximum atomic E-state index is 12.1. The van der Waals surface area contributed by atoms with Crippen molar-refractivity contribution < 1.29 is 13.9 Å². The molecule has 1 heterocycles. The molecule has 0 saturated heterocycles. The highest BCUT2D eigenvalue weighted by atomic mass is 79.9. The zero-order valence-corrected chi connectivity index (χ0v) is 13.9. The number of amides is 1. The summed E-state index contributed by atoms with van der Waals surface area (Å²) in [6, 6.07) is 11.1. The van der Waals surface area contributed by atoms with Crippen LogP contribution in [0.25, 0.3) is 0 Å². The van der Waals surface area contributed by atoms with Crippen molar-refractivity contribution in [2.45, 2.75) is 26.5 Å². The standard InChI is InChI=1S/C16H18BrNO3/c1-11(2)18(3)16(19)15-9-8-14(21-15)10-20-13-6-4-12(17)5-7-13/h4-9,11H,10H2,1-3H3. The topological polar surface area (TPSA) is 42.7 Å². The smallest absolute Gasteiger partial charge is 0.289 e. The van der Waals surface area contributed by atoms with E-state index in [0.29, 0.717) is 18.1 Å². The fraction of sp³-hybridized carbons (Fsp3) is 0.312. The molecule has 21 heavy (non-hydrogen) atoms. The van der Waals surface area contributed by atoms with Gasteiger partial charge in [-0.15, -0.1) is 0 Å². The van der Waals surface area contributed by atoms with Gasteiger partial charge in [0.2, 0.25) is 0 Å². The molecule has 0 fully saturated rings. The van der Waals surface area contributed by atoms with E-state index in [1.165, 1.54) is 0 Å². The molecule has 0 bridgehead atoms. The Morgan fingerprint density at radius 2 is 1.90 bits per heavy atom. The molecule has 1 aromatic carbocycles. The number of furan rings is 1. The molecule has 0 radical (unpaired) electrons. The van der Waals surface area contributed by atoms with Gasteiger partial charge in [-0.3, -0.25) is 4.79 Å². The molecule has 0 atom stereocenters. The van der Waals surface area contributed by atoms with E-state index in [2.05, 4.69) is 15.9 Å². The van der Waals surface area contributed by atoms with Gasteiger partial charge in [0.05, 0.1) is 0 Å². The van der Waals surface area contributed by atoms with Crippen LogP contribution in [0.15, 0.2) is 45.3 Å². The number of halogens is 1. The van der Waals surface area contributed by atoms with E-state index in [4.69, 9.17) is 9.15 Å². The lowest BCUT2D eigenvalue weighted by Gasteiger charge is -2.19. The van der Waals surface area contributed by atoms with Gasteiger partial charge in [-0.05, 0) is 50.2 Å². The fourth-order valence-corrected chi connectivity index (χ4v) is 1.93. The minimum absolute atomic E-state index is 0.125. The van der Waals surface area contributed by atoms with Crippen LogP contribution < -0.4 is 4.74 Å². The van der Waals surface area contributed by atoms with Gasteiger partial charge in [0, 0.05) is 17.6 Å². The van der Waals surface area contributed by atoms with Crippen LogP contribution in [0.4, 0.5) is 0 Å². The minimum atomic E-state index is -0.125. The first-order valence-corrected chi connectivity index (χ1v) is 7.51. The van der Waals surface area contributed by atoms with Gasteiger partial charge in [0.25, 0.3) is 5.91 Å². The van der Waals surface area contributed by atoms with Crippen molar-refractivity contribution in [3.63, 3.8) is 0 Å². The molecule has 1 amide bonds. The van der Waals surface area contributed by atoms with E-state index in [1.54, 1.807) is 24.1 Å². The van der Waals surface area contributed by atoms with Crippen molar-refractivity contribution in [2.75, 3.05) is 7.05 Å². The van der Waals surface area contributed by atoms with Crippen molar-refractivity contribution in [1.29, 1.82) is 0 Å². The first-order valence-electron chi connectivity index (χ1n) is 6.71. The van der Waals surface area contributed by atoms with E-state index in [0.717, 1.165) is 10.2 Å². The maximum absolute atomic E-state index is 12.1. The lowest BCUT2D eigenvalue weighted by atomic mass is 10.3. The molecule has 0 aliphatic rings. The van der Waals surface area contributed by atoms with E-state index in [1.807, 2.05) is 38.1 Å². The number of rotatable bonds is 5. The summed E-state index contributed by atoms with van der Waals surface area (Å²) in [5.41, 5.74) is 0. The van der Waals surface area contributed by atoms with Gasteiger partial charge in [0.15, 0.2) is 5.76 Å². The number of nitrogens with zero attached hydrogens (tertiary/aromatic N) is 1. The Hall–Kier alpha value is -1.75. The highest BCUT2D eigenvalue weighted by Gasteiger charge is 2.18. The molecule has 1 aromatic heterocycles. The average Bonchev–Trinajstić information content (AvgIpc) is 2.94. The SMILES string of the molecule is CC(C)N(C)C(=O)c1ccc(COc2ccc(Br)cc2)o1. The average molecular weight is 352 g/mol. The highest BCUT2D eigenvalue weighted by Crippen LogP contribution is 2.18. The van der Waals surface area contributed by atoms with Crippen LogP contribution in [0, 0.1) is 0 Å². The molecule has 2 rings (SSSR count). The second kappa shape index (κ2) is 6.80. The van der Waals surface area contributed by atoms with Gasteiger partial charge in [-0.2, -0.15) is 0 Å². The molecule has 5 heteroatoms. The molecule has 112 valence electrons. The fourth-order valence-electron chi connectivity index (χ4n) is 1.66. The third kappa shape index (κ3) is 4.11. The van der Waals surface area contributed by atoms with Gasteiger partial charge in [0.1, 0.15) is 18.1 Å². The third-order valence-corrected chi connectivity index (χ3v) is 3.69. The number of benzene rings is 1. The van der Waals surface area contributed by atoms with Crippen LogP contribution in [-0.4, -0.2) is 23.9 Å². The summed E-state index contributed by atoms with van der Waals surface area (Å²) in [6.45, 7) is 4.21. The Morgan fingerprint density at radius 3 is 2.52 bits per heavy atom. The molecule has 4 nitrogen and oxygen atoms in total. The summed E-state index contributed by atoms with van der Waals surface area (Å²) < 4.78 is 12.1. The first-order chi connectivity index (χ1) is 9.97. The molecule has 0 spiro atoms. The summed E-state index contributed by atoms with van der Waals surface area (Å²) in [6.07, 6.45) is 0. The Kier molecular flexibility index (Phi) is 5.07. The maximum Gasteiger partial charge on any atom is 0.289 e. The van der Waals surface area contributed by atoms with Crippen molar-refractivity contribution in [3.8, 4) is 5.75 Å². The van der Waals surface area contributed by atoms with E-state index < -0.39 is 0 Å². The quantitative estimate of drug-likeness (QED) is 0.814. The van der Waals surface area contributed by atoms with Crippen LogP contribution in [0.2, 0.25) is 0 Å². The zero-order chi connectivity index (χ0) is 15.4. The molecule has 0 unspecified atom stereocenters. The molecule has 0 aliphatic heterocycles. The number of carbonyl (C=O) groups excluding carboxylic acids is 1. The zero-order valence-electron chi connectivity index (χ0n) is 12.3. The van der Waals surface area contributed by atoms with Crippen molar-refractivity contribution in [2.24, 2.45) is 0 Å². The molecule has 0 saturated carbocycles. The van der Waals surface area contributed by atoms with Crippen molar-refractivity contribution >= 4 is 21.8 Å². The molecular formula is C16H18BrNO3. The summed E-state index contributed by atoms with van der Waals surface area (Å²) in [5, 5.41) is 0. The minimum Gasteiger partial charge on any atom is -0.486 e. The predicted octanol–water partition coefficient (Wildman–Crippen LogP) is 4.10. The van der Waals surface area contributed by atoms with Crippen molar-refractivity contribution in [1.82, 2.24) is 4.90 Å². The Balaban J connectivity index is 1.97. The van der Waals surface area contributed by atoms with Crippen LogP contribution in [0.5, 0.6) is 5.75 Å². The van der Waals surface area contributed by atoms with Gasteiger partial charge < -0.3 is 14.1 Å². The second-order valence-corrected chi connectivity index (χ2v) is 5.93. The van der Waals surface area contributed by atoms with Crippen LogP contribution in [-0.2, 0) is 6.61 Å². The molecule has 2 aromatic rings. The number of ether oxygens (including phenoxy) is 1. The van der Waals surface area contributed by atoms with Crippen LogP contribution in [0.1, 0.15) is 30.2 Å². The number of hydrogen-bond acceptors (Lipinski definition) is 3. The van der Waals surface area contributed by atoms with E-state index in [-0.39, 0.29) is 11.9 Å². The normalized spacial score (nSPS) is 10.7. The lowest BCUT2D eigenvalue weighted by Crippen LogP contribution is -2.32. The summed E-state index contributed by atoms with van der Waals surface area (Å²) in [7, 11) is 1.76. The molecule has 0 N–H and O–H groups in total. The number of hydrogen-bond donors (Lipinski definition) is 0. The number of carbonyl (C=O) groups is 1. The summed E-state index contributed by atoms with van der Waals surface area (Å²) in [4.78, 5) is 13.7. The Bertz CT molecular complexity index is 604. The van der Waals surface area contributed by atoms with Gasteiger partial charge >= 0.3 is 0 Å². The van der Waals surface area contributed by atoms with Gasteiger partial charge in [-0.1, -0.05) is 15.9 Å². The second-order valence-electron chi connectivity index (χ2n) is 5.02. The lowest BCUT2D eigenvalue weighted by molar-refractivity contribution is 0.0718. The monoisotopic (exact) mass is 351 g/mol. The van der Waals surface area contributed by atoms with Crippen molar-refractivity contribution in [3.05, 3.63) is 52.4 Å². The summed E-state index contributed by atoms with van der Waals surface area (Å²) in [5.74, 6) is 1.58. The molecular weight excluding hydrogens is 334 g/mol. The first kappa shape index (κ1) is 15.6.